The van der Waals surface area contributed by atoms with Crippen molar-refractivity contribution in [1.82, 2.24) is 9.97 Å². The molecule has 1 atom stereocenters. The minimum absolute atomic E-state index is 0.620. The van der Waals surface area contributed by atoms with Crippen molar-refractivity contribution >= 4 is 11.6 Å². The lowest BCUT2D eigenvalue weighted by Crippen LogP contribution is -2.35. The lowest BCUT2D eigenvalue weighted by Gasteiger charge is -2.30. The predicted molar refractivity (Wildman–Crippen MR) is 80.8 cm³/mol. The van der Waals surface area contributed by atoms with Gasteiger partial charge in [0.1, 0.15) is 18.0 Å². The molecule has 0 aromatic carbocycles. The van der Waals surface area contributed by atoms with Crippen molar-refractivity contribution in [2.75, 3.05) is 23.3 Å². The third-order valence-corrected chi connectivity index (χ3v) is 3.96. The molecule has 106 valence electrons. The molecule has 0 aliphatic carbocycles. The smallest absolute Gasteiger partial charge is 0.137 e. The van der Waals surface area contributed by atoms with Crippen LogP contribution < -0.4 is 10.2 Å². The maximum atomic E-state index is 4.58. The van der Waals surface area contributed by atoms with Crippen LogP contribution in [0.2, 0.25) is 0 Å². The fourth-order valence-corrected chi connectivity index (χ4v) is 3.04. The summed E-state index contributed by atoms with van der Waals surface area (Å²) in [5.41, 5.74) is 1.26. The van der Waals surface area contributed by atoms with Crippen LogP contribution in [0.1, 0.15) is 46.1 Å². The third kappa shape index (κ3) is 2.82. The summed E-state index contributed by atoms with van der Waals surface area (Å²) in [6.07, 6.45) is 5.22. The minimum Gasteiger partial charge on any atom is -0.370 e. The number of anilines is 2. The molecular formula is C15H26N4. The molecule has 4 nitrogen and oxygen atoms in total. The van der Waals surface area contributed by atoms with Crippen LogP contribution in [0.25, 0.3) is 0 Å². The van der Waals surface area contributed by atoms with Gasteiger partial charge in [0.2, 0.25) is 0 Å². The van der Waals surface area contributed by atoms with E-state index in [0.29, 0.717) is 12.0 Å². The van der Waals surface area contributed by atoms with Gasteiger partial charge >= 0.3 is 0 Å². The molecule has 1 aromatic rings. The van der Waals surface area contributed by atoms with E-state index in [-0.39, 0.29) is 0 Å². The Hall–Kier alpha value is -1.32. The summed E-state index contributed by atoms with van der Waals surface area (Å²) in [7, 11) is 0. The monoisotopic (exact) mass is 262 g/mol. The first-order chi connectivity index (χ1) is 9.19. The molecule has 0 radical (unpaired) electrons. The summed E-state index contributed by atoms with van der Waals surface area (Å²) in [5, 5.41) is 3.36. The van der Waals surface area contributed by atoms with Gasteiger partial charge in [0.25, 0.3) is 0 Å². The molecule has 1 unspecified atom stereocenters. The molecule has 2 rings (SSSR count). The molecule has 1 aliphatic rings. The summed E-state index contributed by atoms with van der Waals surface area (Å²) in [4.78, 5) is 11.5. The Morgan fingerprint density at radius 3 is 2.79 bits per heavy atom. The molecule has 1 aliphatic heterocycles. The second-order valence-electron chi connectivity index (χ2n) is 5.56. The van der Waals surface area contributed by atoms with Crippen LogP contribution in [-0.2, 0) is 6.42 Å². The lowest BCUT2D eigenvalue weighted by molar-refractivity contribution is 0.488. The lowest BCUT2D eigenvalue weighted by atomic mass is 10.0. The zero-order valence-electron chi connectivity index (χ0n) is 12.6. The highest BCUT2D eigenvalue weighted by molar-refractivity contribution is 5.59. The van der Waals surface area contributed by atoms with Gasteiger partial charge in [-0.2, -0.15) is 0 Å². The third-order valence-electron chi connectivity index (χ3n) is 3.96. The first kappa shape index (κ1) is 14.1. The Bertz CT molecular complexity index is 417. The Balaban J connectivity index is 2.35. The maximum absolute atomic E-state index is 4.58. The molecule has 1 N–H and O–H groups in total. The van der Waals surface area contributed by atoms with Gasteiger partial charge in [-0.15, -0.1) is 0 Å². The van der Waals surface area contributed by atoms with E-state index in [1.54, 1.807) is 6.33 Å². The number of hydrogen-bond donors (Lipinski definition) is 1. The van der Waals surface area contributed by atoms with E-state index in [1.807, 2.05) is 0 Å². The van der Waals surface area contributed by atoms with Crippen LogP contribution in [0.4, 0.5) is 11.6 Å². The van der Waals surface area contributed by atoms with Crippen LogP contribution >= 0.6 is 0 Å². The summed E-state index contributed by atoms with van der Waals surface area (Å²) in [5.74, 6) is 2.82. The van der Waals surface area contributed by atoms with Crippen molar-refractivity contribution in [3.05, 3.63) is 11.9 Å². The highest BCUT2D eigenvalue weighted by Gasteiger charge is 2.30. The van der Waals surface area contributed by atoms with Gasteiger partial charge in [0, 0.05) is 24.7 Å². The molecular weight excluding hydrogens is 236 g/mol. The number of nitrogens with zero attached hydrogens (tertiary/aromatic N) is 3. The van der Waals surface area contributed by atoms with Crippen LogP contribution in [0.3, 0.4) is 0 Å². The Morgan fingerprint density at radius 2 is 2.16 bits per heavy atom. The van der Waals surface area contributed by atoms with E-state index in [9.17, 15) is 0 Å². The SMILES string of the molecule is CCNc1ncnc(N2CCCC2C(C)C)c1CC. The number of nitrogens with one attached hydrogen (secondary N) is 1. The molecule has 19 heavy (non-hydrogen) atoms. The molecule has 0 spiro atoms. The Kier molecular flexibility index (Phi) is 4.61. The van der Waals surface area contributed by atoms with E-state index in [1.165, 1.54) is 18.4 Å². The number of aromatic nitrogens is 2. The number of hydrogen-bond acceptors (Lipinski definition) is 4. The van der Waals surface area contributed by atoms with Gasteiger partial charge in [0.15, 0.2) is 0 Å². The molecule has 0 bridgehead atoms. The van der Waals surface area contributed by atoms with Gasteiger partial charge in [-0.25, -0.2) is 9.97 Å². The van der Waals surface area contributed by atoms with Crippen molar-refractivity contribution < 1.29 is 0 Å². The van der Waals surface area contributed by atoms with E-state index in [0.717, 1.165) is 31.1 Å². The fourth-order valence-electron chi connectivity index (χ4n) is 3.04. The molecule has 1 aromatic heterocycles. The Labute approximate surface area is 116 Å². The van der Waals surface area contributed by atoms with Crippen molar-refractivity contribution in [3.8, 4) is 0 Å². The largest absolute Gasteiger partial charge is 0.370 e. The molecule has 1 fully saturated rings. The highest BCUT2D eigenvalue weighted by atomic mass is 15.2. The van der Waals surface area contributed by atoms with Gasteiger partial charge < -0.3 is 10.2 Å². The average Bonchev–Trinajstić information content (AvgIpc) is 2.88. The normalized spacial score (nSPS) is 19.2. The molecule has 2 heterocycles. The zero-order valence-corrected chi connectivity index (χ0v) is 12.6. The van der Waals surface area contributed by atoms with Crippen molar-refractivity contribution in [2.45, 2.75) is 53.0 Å². The number of rotatable bonds is 5. The fraction of sp³-hybridized carbons (Fsp3) is 0.733. The zero-order chi connectivity index (χ0) is 13.8. The highest BCUT2D eigenvalue weighted by Crippen LogP contribution is 2.32. The summed E-state index contributed by atoms with van der Waals surface area (Å²) >= 11 is 0. The average molecular weight is 262 g/mol. The summed E-state index contributed by atoms with van der Waals surface area (Å²) < 4.78 is 0. The second kappa shape index (κ2) is 6.22. The van der Waals surface area contributed by atoms with E-state index in [2.05, 4.69) is 47.9 Å². The van der Waals surface area contributed by atoms with E-state index in [4.69, 9.17) is 0 Å². The maximum Gasteiger partial charge on any atom is 0.137 e. The summed E-state index contributed by atoms with van der Waals surface area (Å²) in [6.45, 7) is 10.9. The second-order valence-corrected chi connectivity index (χ2v) is 5.56. The topological polar surface area (TPSA) is 41.1 Å². The molecule has 0 saturated carbocycles. The standard InChI is InChI=1S/C15H26N4/c1-5-12-14(16-6-2)17-10-18-15(12)19-9-7-8-13(19)11(3)4/h10-11,13H,5-9H2,1-4H3,(H,16,17,18). The van der Waals surface area contributed by atoms with E-state index < -0.39 is 0 Å². The predicted octanol–water partition coefficient (Wildman–Crippen LogP) is 3.10. The van der Waals surface area contributed by atoms with Crippen LogP contribution in [-0.4, -0.2) is 29.1 Å². The van der Waals surface area contributed by atoms with Crippen LogP contribution in [0.15, 0.2) is 6.33 Å². The minimum atomic E-state index is 0.620. The van der Waals surface area contributed by atoms with Crippen LogP contribution in [0.5, 0.6) is 0 Å². The van der Waals surface area contributed by atoms with Crippen molar-refractivity contribution in [1.29, 1.82) is 0 Å². The first-order valence-electron chi connectivity index (χ1n) is 7.53. The van der Waals surface area contributed by atoms with Gasteiger partial charge in [-0.1, -0.05) is 20.8 Å². The summed E-state index contributed by atoms with van der Waals surface area (Å²) in [6, 6.07) is 0.620. The van der Waals surface area contributed by atoms with Crippen molar-refractivity contribution in [3.63, 3.8) is 0 Å². The molecule has 4 heteroatoms. The Morgan fingerprint density at radius 1 is 1.37 bits per heavy atom. The first-order valence-corrected chi connectivity index (χ1v) is 7.53. The van der Waals surface area contributed by atoms with Gasteiger partial charge in [-0.05, 0) is 32.1 Å². The quantitative estimate of drug-likeness (QED) is 0.885. The van der Waals surface area contributed by atoms with Gasteiger partial charge in [-0.3, -0.25) is 0 Å². The molecule has 0 amide bonds. The molecule has 1 saturated heterocycles. The van der Waals surface area contributed by atoms with E-state index >= 15 is 0 Å². The van der Waals surface area contributed by atoms with Crippen molar-refractivity contribution in [2.24, 2.45) is 5.92 Å². The van der Waals surface area contributed by atoms with Gasteiger partial charge in [0.05, 0.1) is 0 Å². The van der Waals surface area contributed by atoms with Crippen LogP contribution in [0, 0.1) is 5.92 Å².